The molecule has 3 aliphatic heterocycles. The van der Waals surface area contributed by atoms with Gasteiger partial charge in [-0.15, -0.1) is 0 Å². The second-order valence-electron chi connectivity index (χ2n) is 19.0. The summed E-state index contributed by atoms with van der Waals surface area (Å²) in [4.78, 5) is 58.3. The lowest BCUT2D eigenvalue weighted by molar-refractivity contribution is -0.302. The van der Waals surface area contributed by atoms with E-state index >= 15 is 0 Å². The minimum Gasteiger partial charge on any atom is -0.487 e. The van der Waals surface area contributed by atoms with Crippen LogP contribution in [0.25, 0.3) is 0 Å². The summed E-state index contributed by atoms with van der Waals surface area (Å²) in [5.41, 5.74) is 2.74. The number of hydrogen-bond acceptors (Lipinski definition) is 12. The fraction of sp³-hybridized carbons (Fsp3) is 0.720. The first-order valence-electron chi connectivity index (χ1n) is 23.3. The molecule has 1 saturated carbocycles. The van der Waals surface area contributed by atoms with Crippen molar-refractivity contribution in [1.82, 2.24) is 4.90 Å². The van der Waals surface area contributed by atoms with Crippen molar-refractivity contribution in [2.24, 2.45) is 29.6 Å². The maximum Gasteiger partial charge on any atom is 0.329 e. The van der Waals surface area contributed by atoms with Gasteiger partial charge in [-0.1, -0.05) is 63.6 Å². The number of rotatable bonds is 8. The molecular formula is C50H75NO12. The van der Waals surface area contributed by atoms with Gasteiger partial charge in [0.25, 0.3) is 11.7 Å². The predicted octanol–water partition coefficient (Wildman–Crippen LogP) is 6.87. The molecule has 1 aliphatic carbocycles. The molecule has 2 saturated heterocycles. The van der Waals surface area contributed by atoms with Gasteiger partial charge in [0.05, 0.1) is 24.4 Å². The maximum atomic E-state index is 14.5. The van der Waals surface area contributed by atoms with E-state index in [0.29, 0.717) is 44.1 Å². The number of fused-ring (bicyclic) bond motifs is 3. The van der Waals surface area contributed by atoms with Crippen molar-refractivity contribution < 1.29 is 57.8 Å². The topological polar surface area (TPSA) is 167 Å². The SMILES string of the molecule is CCC1C=C(C)CC(C)CC(OC)C2OC(O)(C(=O)C(=O)N3CCCCC3C(=O)OC(C(C)=CC3CCC(Oc4ccccc4C)C(OC)C3)C(C)C(O)CC1=O)C(C)CC2OC. The first-order valence-corrected chi connectivity index (χ1v) is 23.3. The summed E-state index contributed by atoms with van der Waals surface area (Å²) in [7, 11) is 4.76. The Morgan fingerprint density at radius 3 is 2.24 bits per heavy atom. The third-order valence-electron chi connectivity index (χ3n) is 14.2. The number of aryl methyl sites for hydroxylation is 1. The average molecular weight is 882 g/mol. The van der Waals surface area contributed by atoms with Crippen molar-refractivity contribution in [2.75, 3.05) is 27.9 Å². The third-order valence-corrected chi connectivity index (χ3v) is 14.2. The highest BCUT2D eigenvalue weighted by Crippen LogP contribution is 2.39. The fourth-order valence-corrected chi connectivity index (χ4v) is 10.4. The number of aliphatic hydroxyl groups is 2. The lowest BCUT2D eigenvalue weighted by Crippen LogP contribution is -2.64. The Bertz CT molecular complexity index is 1800. The highest BCUT2D eigenvalue weighted by molar-refractivity contribution is 6.39. The van der Waals surface area contributed by atoms with Crippen molar-refractivity contribution in [3.8, 4) is 5.75 Å². The second kappa shape index (κ2) is 22.6. The molecule has 2 N–H and O–H groups in total. The molecule has 5 rings (SSSR count). The van der Waals surface area contributed by atoms with E-state index in [-0.39, 0.29) is 55.6 Å². The van der Waals surface area contributed by atoms with E-state index < -0.39 is 77.8 Å². The Morgan fingerprint density at radius 2 is 1.57 bits per heavy atom. The van der Waals surface area contributed by atoms with Gasteiger partial charge in [0.1, 0.15) is 35.9 Å². The van der Waals surface area contributed by atoms with E-state index in [1.54, 1.807) is 21.0 Å². The maximum absolute atomic E-state index is 14.5. The van der Waals surface area contributed by atoms with Gasteiger partial charge < -0.3 is 43.5 Å². The monoisotopic (exact) mass is 882 g/mol. The van der Waals surface area contributed by atoms with Gasteiger partial charge in [0.2, 0.25) is 5.79 Å². The van der Waals surface area contributed by atoms with Crippen LogP contribution in [-0.2, 0) is 42.9 Å². The molecule has 0 radical (unpaired) electrons. The Labute approximate surface area is 375 Å². The van der Waals surface area contributed by atoms with Gasteiger partial charge in [0, 0.05) is 52.0 Å². The molecule has 13 nitrogen and oxygen atoms in total. The number of benzene rings is 1. The number of hydrogen-bond donors (Lipinski definition) is 2. The zero-order chi connectivity index (χ0) is 46.2. The molecule has 0 aromatic heterocycles. The highest BCUT2D eigenvalue weighted by Gasteiger charge is 2.56. The number of cyclic esters (lactones) is 1. The number of piperidine rings is 1. The number of esters is 1. The van der Waals surface area contributed by atoms with E-state index in [1.165, 1.54) is 19.1 Å². The average Bonchev–Trinajstić information content (AvgIpc) is 3.27. The minimum atomic E-state index is -2.50. The van der Waals surface area contributed by atoms with Crippen LogP contribution in [0, 0.1) is 36.5 Å². The third kappa shape index (κ3) is 12.1. The molecule has 1 aromatic rings. The molecule has 4 aliphatic rings. The Balaban J connectivity index is 1.49. The molecule has 63 heavy (non-hydrogen) atoms. The van der Waals surface area contributed by atoms with E-state index in [9.17, 15) is 29.4 Å². The standard InChI is InChI=1S/C50H75NO12/c1-11-36-23-29(2)22-30(3)24-43(59-9)46-44(60-10)26-33(6)50(57,63-46)47(54)48(55)51-21-15-14-17-37(51)49(56)62-45(34(7)38(52)28-39(36)53)32(5)25-35-19-20-41(42(27-35)58-8)61-40-18-13-12-16-31(40)4/h12-13,16,18,23,25,30,33-38,41-46,52,57H,11,14-15,17,19-22,24,26-28H2,1-10H3. The van der Waals surface area contributed by atoms with Crippen LogP contribution in [0.3, 0.4) is 0 Å². The lowest BCUT2D eigenvalue weighted by atomic mass is 9.81. The van der Waals surface area contributed by atoms with Gasteiger partial charge in [-0.2, -0.15) is 0 Å². The van der Waals surface area contributed by atoms with E-state index in [1.807, 2.05) is 58.0 Å². The molecule has 3 fully saturated rings. The molecule has 3 heterocycles. The van der Waals surface area contributed by atoms with Crippen LogP contribution in [0.15, 0.2) is 47.6 Å². The van der Waals surface area contributed by atoms with Gasteiger partial charge in [-0.05, 0) is 114 Å². The first-order chi connectivity index (χ1) is 29.9. The molecule has 0 spiro atoms. The van der Waals surface area contributed by atoms with Crippen LogP contribution in [0.5, 0.6) is 5.75 Å². The summed E-state index contributed by atoms with van der Waals surface area (Å²) in [6.45, 7) is 13.4. The van der Waals surface area contributed by atoms with Crippen molar-refractivity contribution in [1.29, 1.82) is 0 Å². The van der Waals surface area contributed by atoms with Crippen LogP contribution < -0.4 is 4.74 Å². The molecular weight excluding hydrogens is 807 g/mol. The smallest absolute Gasteiger partial charge is 0.329 e. The first kappa shape index (κ1) is 50.5. The highest BCUT2D eigenvalue weighted by atomic mass is 16.7. The molecule has 13 heteroatoms. The largest absolute Gasteiger partial charge is 0.487 e. The summed E-state index contributed by atoms with van der Waals surface area (Å²) >= 11 is 0. The Morgan fingerprint density at radius 1 is 0.889 bits per heavy atom. The van der Waals surface area contributed by atoms with E-state index in [0.717, 1.165) is 29.7 Å². The summed E-state index contributed by atoms with van der Waals surface area (Å²) in [5, 5.41) is 23.9. The Hall–Kier alpha value is -3.46. The number of amides is 1. The van der Waals surface area contributed by atoms with Crippen LogP contribution >= 0.6 is 0 Å². The number of ketones is 2. The quantitative estimate of drug-likeness (QED) is 0.158. The van der Waals surface area contributed by atoms with Crippen molar-refractivity contribution in [3.63, 3.8) is 0 Å². The number of carbonyl (C=O) groups excluding carboxylic acids is 4. The van der Waals surface area contributed by atoms with Gasteiger partial charge >= 0.3 is 5.97 Å². The van der Waals surface area contributed by atoms with Crippen molar-refractivity contribution in [3.05, 3.63) is 53.1 Å². The number of nitrogens with zero attached hydrogens (tertiary/aromatic N) is 1. The van der Waals surface area contributed by atoms with E-state index in [2.05, 4.69) is 13.0 Å². The zero-order valence-electron chi connectivity index (χ0n) is 39.4. The fourth-order valence-electron chi connectivity index (χ4n) is 10.4. The van der Waals surface area contributed by atoms with Gasteiger partial charge in [-0.3, -0.25) is 14.4 Å². The number of allylic oxidation sites excluding steroid dienone is 3. The number of Topliss-reactive ketones (excluding diaryl/α,β-unsaturated/α-hetero) is 2. The number of aliphatic hydroxyl groups excluding tert-OH is 1. The van der Waals surface area contributed by atoms with Gasteiger partial charge in [0.15, 0.2) is 0 Å². The molecule has 2 bridgehead atoms. The van der Waals surface area contributed by atoms with Crippen LogP contribution in [0.4, 0.5) is 0 Å². The molecule has 14 unspecified atom stereocenters. The van der Waals surface area contributed by atoms with Crippen LogP contribution in [-0.4, -0.2) is 121 Å². The summed E-state index contributed by atoms with van der Waals surface area (Å²) in [6, 6.07) is 6.77. The lowest BCUT2D eigenvalue weighted by Gasteiger charge is -2.47. The van der Waals surface area contributed by atoms with Crippen LogP contribution in [0.1, 0.15) is 118 Å². The molecule has 1 amide bonds. The molecule has 1 aromatic carbocycles. The molecule has 14 atom stereocenters. The number of carbonyl (C=O) groups is 4. The Kier molecular flexibility index (Phi) is 18.2. The van der Waals surface area contributed by atoms with E-state index in [4.69, 9.17) is 28.4 Å². The van der Waals surface area contributed by atoms with Crippen molar-refractivity contribution in [2.45, 2.75) is 174 Å². The minimum absolute atomic E-state index is 0.0318. The zero-order valence-corrected chi connectivity index (χ0v) is 39.4. The number of methoxy groups -OCH3 is 3. The number of ether oxygens (including phenoxy) is 6. The predicted molar refractivity (Wildman–Crippen MR) is 238 cm³/mol. The number of para-hydroxylation sites is 1. The molecule has 352 valence electrons. The summed E-state index contributed by atoms with van der Waals surface area (Å²) < 4.78 is 36.8. The van der Waals surface area contributed by atoms with Gasteiger partial charge in [-0.25, -0.2) is 4.79 Å². The normalized spacial score (nSPS) is 37.3. The second-order valence-corrected chi connectivity index (χ2v) is 19.0. The summed E-state index contributed by atoms with van der Waals surface area (Å²) in [6.07, 6.45) is 4.79. The summed E-state index contributed by atoms with van der Waals surface area (Å²) in [5.74, 6) is -6.61. The van der Waals surface area contributed by atoms with Crippen molar-refractivity contribution >= 4 is 23.4 Å². The van der Waals surface area contributed by atoms with Crippen LogP contribution in [0.2, 0.25) is 0 Å².